The number of thiophene rings is 1. The first-order valence-electron chi connectivity index (χ1n) is 6.78. The molecule has 1 aromatic heterocycles. The second-order valence-corrected chi connectivity index (χ2v) is 7.25. The van der Waals surface area contributed by atoms with Crippen LogP contribution in [0.1, 0.15) is 29.9 Å². The number of rotatable bonds is 6. The number of carbonyl (C=O) groups is 1. The molecule has 0 aliphatic carbocycles. The lowest BCUT2D eigenvalue weighted by Crippen LogP contribution is -2.32. The molecule has 0 radical (unpaired) electrons. The summed E-state index contributed by atoms with van der Waals surface area (Å²) in [6.07, 6.45) is 1.00. The van der Waals surface area contributed by atoms with Gasteiger partial charge in [0.25, 0.3) is 5.91 Å². The first-order chi connectivity index (χ1) is 9.60. The van der Waals surface area contributed by atoms with Gasteiger partial charge in [0.15, 0.2) is 0 Å². The van der Waals surface area contributed by atoms with Crippen LogP contribution in [-0.2, 0) is 0 Å². The average molecular weight is 308 g/mol. The Morgan fingerprint density at radius 1 is 1.45 bits per heavy atom. The van der Waals surface area contributed by atoms with Gasteiger partial charge in [0.1, 0.15) is 0 Å². The summed E-state index contributed by atoms with van der Waals surface area (Å²) in [6.45, 7) is 4.20. The van der Waals surface area contributed by atoms with E-state index in [1.54, 1.807) is 0 Å². The van der Waals surface area contributed by atoms with E-state index in [-0.39, 0.29) is 11.9 Å². The number of hydrogen-bond acceptors (Lipinski definition) is 4. The number of nitrogen functional groups attached to an aromatic ring is 1. The van der Waals surface area contributed by atoms with E-state index in [1.165, 1.54) is 11.3 Å². The van der Waals surface area contributed by atoms with E-state index in [4.69, 9.17) is 5.73 Å². The van der Waals surface area contributed by atoms with E-state index in [9.17, 15) is 4.79 Å². The second-order valence-electron chi connectivity index (χ2n) is 4.77. The molecule has 5 heteroatoms. The molecule has 1 aromatic carbocycles. The van der Waals surface area contributed by atoms with E-state index < -0.39 is 0 Å². The number of amides is 1. The summed E-state index contributed by atoms with van der Waals surface area (Å²) in [6, 6.07) is 7.86. The fourth-order valence-corrected chi connectivity index (χ4v) is 3.70. The first kappa shape index (κ1) is 15.2. The lowest BCUT2D eigenvalue weighted by molar-refractivity contribution is 0.0943. The lowest BCUT2D eigenvalue weighted by Gasteiger charge is -2.12. The SMILES string of the molecule is CCSCCC(C)NC(=O)c1cc2cc(N)ccc2s1. The highest BCUT2D eigenvalue weighted by Crippen LogP contribution is 2.27. The van der Waals surface area contributed by atoms with Crippen LogP contribution < -0.4 is 11.1 Å². The van der Waals surface area contributed by atoms with Crippen LogP contribution in [0, 0.1) is 0 Å². The molecule has 20 heavy (non-hydrogen) atoms. The quantitative estimate of drug-likeness (QED) is 0.631. The largest absolute Gasteiger partial charge is 0.399 e. The third-order valence-electron chi connectivity index (χ3n) is 3.04. The van der Waals surface area contributed by atoms with Crippen LogP contribution in [0.4, 0.5) is 5.69 Å². The minimum Gasteiger partial charge on any atom is -0.399 e. The van der Waals surface area contributed by atoms with Gasteiger partial charge in [-0.2, -0.15) is 11.8 Å². The fraction of sp³-hybridized carbons (Fsp3) is 0.400. The van der Waals surface area contributed by atoms with Gasteiger partial charge in [-0.05, 0) is 54.5 Å². The normalized spacial score (nSPS) is 12.5. The smallest absolute Gasteiger partial charge is 0.261 e. The van der Waals surface area contributed by atoms with Gasteiger partial charge in [0.05, 0.1) is 4.88 Å². The maximum absolute atomic E-state index is 12.2. The molecule has 1 heterocycles. The maximum atomic E-state index is 12.2. The molecule has 3 N–H and O–H groups in total. The van der Waals surface area contributed by atoms with Crippen molar-refractivity contribution in [3.63, 3.8) is 0 Å². The fourth-order valence-electron chi connectivity index (χ4n) is 1.95. The van der Waals surface area contributed by atoms with Crippen molar-refractivity contribution in [2.75, 3.05) is 17.2 Å². The van der Waals surface area contributed by atoms with Gasteiger partial charge in [-0.3, -0.25) is 4.79 Å². The molecule has 108 valence electrons. The Kier molecular flexibility index (Phi) is 5.31. The minimum absolute atomic E-state index is 0.0127. The zero-order chi connectivity index (χ0) is 14.5. The third kappa shape index (κ3) is 3.90. The van der Waals surface area contributed by atoms with Gasteiger partial charge in [0, 0.05) is 16.4 Å². The van der Waals surface area contributed by atoms with Crippen LogP contribution in [0.2, 0.25) is 0 Å². The van der Waals surface area contributed by atoms with Crippen LogP contribution >= 0.6 is 23.1 Å². The molecule has 0 saturated carbocycles. The molecule has 2 aromatic rings. The Morgan fingerprint density at radius 3 is 3.00 bits per heavy atom. The van der Waals surface area contributed by atoms with Crippen molar-refractivity contribution < 1.29 is 4.79 Å². The van der Waals surface area contributed by atoms with Crippen LogP contribution in [0.5, 0.6) is 0 Å². The van der Waals surface area contributed by atoms with Crippen molar-refractivity contribution >= 4 is 44.8 Å². The van der Waals surface area contributed by atoms with Crippen LogP contribution in [0.25, 0.3) is 10.1 Å². The Bertz CT molecular complexity index is 595. The zero-order valence-electron chi connectivity index (χ0n) is 11.8. The molecule has 0 bridgehead atoms. The van der Waals surface area contributed by atoms with Crippen molar-refractivity contribution in [2.24, 2.45) is 0 Å². The first-order valence-corrected chi connectivity index (χ1v) is 8.75. The lowest BCUT2D eigenvalue weighted by atomic mass is 10.2. The van der Waals surface area contributed by atoms with E-state index in [1.807, 2.05) is 36.0 Å². The maximum Gasteiger partial charge on any atom is 0.261 e. The molecule has 1 amide bonds. The number of benzene rings is 1. The number of thioether (sulfide) groups is 1. The highest BCUT2D eigenvalue weighted by Gasteiger charge is 2.13. The van der Waals surface area contributed by atoms with Gasteiger partial charge in [-0.1, -0.05) is 6.92 Å². The van der Waals surface area contributed by atoms with E-state index >= 15 is 0 Å². The molecular formula is C15H20N2OS2. The van der Waals surface area contributed by atoms with Crippen LogP contribution in [0.3, 0.4) is 0 Å². The van der Waals surface area contributed by atoms with E-state index in [2.05, 4.69) is 19.2 Å². The Labute approximate surface area is 127 Å². The van der Waals surface area contributed by atoms with Crippen molar-refractivity contribution in [3.05, 3.63) is 29.1 Å². The van der Waals surface area contributed by atoms with Gasteiger partial charge < -0.3 is 11.1 Å². The molecule has 0 aliphatic rings. The van der Waals surface area contributed by atoms with Gasteiger partial charge in [-0.15, -0.1) is 11.3 Å². The monoisotopic (exact) mass is 308 g/mol. The van der Waals surface area contributed by atoms with E-state index in [0.29, 0.717) is 0 Å². The standard InChI is InChI=1S/C15H20N2OS2/c1-3-19-7-6-10(2)17-15(18)14-9-11-8-12(16)4-5-13(11)20-14/h4-5,8-10H,3,6-7,16H2,1-2H3,(H,17,18). The number of nitrogens with two attached hydrogens (primary N) is 1. The van der Waals surface area contributed by atoms with Crippen molar-refractivity contribution in [1.82, 2.24) is 5.32 Å². The molecular weight excluding hydrogens is 288 g/mol. The number of nitrogens with one attached hydrogen (secondary N) is 1. The Morgan fingerprint density at radius 2 is 2.25 bits per heavy atom. The topological polar surface area (TPSA) is 55.1 Å². The molecule has 0 spiro atoms. The van der Waals surface area contributed by atoms with Crippen LogP contribution in [-0.4, -0.2) is 23.5 Å². The van der Waals surface area contributed by atoms with E-state index in [0.717, 1.165) is 38.6 Å². The minimum atomic E-state index is 0.0127. The Balaban J connectivity index is 2.00. The molecule has 1 unspecified atom stereocenters. The Hall–Kier alpha value is -1.20. The number of carbonyl (C=O) groups excluding carboxylic acids is 1. The van der Waals surface area contributed by atoms with Gasteiger partial charge in [0.2, 0.25) is 0 Å². The molecule has 0 saturated heterocycles. The average Bonchev–Trinajstić information content (AvgIpc) is 2.82. The predicted octanol–water partition coefficient (Wildman–Crippen LogP) is 3.75. The van der Waals surface area contributed by atoms with Crippen molar-refractivity contribution in [1.29, 1.82) is 0 Å². The summed E-state index contributed by atoms with van der Waals surface area (Å²) >= 11 is 3.41. The third-order valence-corrected chi connectivity index (χ3v) is 5.09. The van der Waals surface area contributed by atoms with Gasteiger partial charge >= 0.3 is 0 Å². The van der Waals surface area contributed by atoms with Crippen molar-refractivity contribution in [2.45, 2.75) is 26.3 Å². The molecule has 0 aliphatic heterocycles. The number of anilines is 1. The summed E-state index contributed by atoms with van der Waals surface area (Å²) in [5.74, 6) is 2.22. The number of hydrogen-bond donors (Lipinski definition) is 2. The highest BCUT2D eigenvalue weighted by molar-refractivity contribution is 7.99. The summed E-state index contributed by atoms with van der Waals surface area (Å²) in [4.78, 5) is 13.0. The zero-order valence-corrected chi connectivity index (χ0v) is 13.4. The highest BCUT2D eigenvalue weighted by atomic mass is 32.2. The molecule has 1 atom stereocenters. The molecule has 3 nitrogen and oxygen atoms in total. The van der Waals surface area contributed by atoms with Gasteiger partial charge in [-0.25, -0.2) is 0 Å². The second kappa shape index (κ2) is 6.99. The summed E-state index contributed by atoms with van der Waals surface area (Å²) in [5, 5.41) is 4.09. The summed E-state index contributed by atoms with van der Waals surface area (Å²) < 4.78 is 1.10. The number of fused-ring (bicyclic) bond motifs is 1. The molecule has 2 rings (SSSR count). The van der Waals surface area contributed by atoms with Crippen molar-refractivity contribution in [3.8, 4) is 0 Å². The molecule has 0 fully saturated rings. The van der Waals surface area contributed by atoms with Crippen LogP contribution in [0.15, 0.2) is 24.3 Å². The predicted molar refractivity (Wildman–Crippen MR) is 90.8 cm³/mol. The summed E-state index contributed by atoms with van der Waals surface area (Å²) in [7, 11) is 0. The summed E-state index contributed by atoms with van der Waals surface area (Å²) in [5.41, 5.74) is 6.49.